The fourth-order valence-electron chi connectivity index (χ4n) is 6.99. The van der Waals surface area contributed by atoms with Gasteiger partial charge in [0.15, 0.2) is 0 Å². The van der Waals surface area contributed by atoms with Gasteiger partial charge in [0.25, 0.3) is 0 Å². The molecule has 3 unspecified atom stereocenters. The SMILES string of the molecule is CC(c1ccc2c(C(F)(F)F)c(O[C@H]3CC[C@@H](C(F)(F)F)CC3)ccc2c1)N1C2CCCC1CC(C#N)C2. The second-order valence-corrected chi connectivity index (χ2v) is 11.2. The molecule has 0 N–H and O–H groups in total. The molecule has 1 aliphatic carbocycles. The zero-order valence-electron chi connectivity index (χ0n) is 21.3. The standard InChI is InChI=1S/C29H32F6N2O/c1-17(37-22-3-2-4-23(37)14-18(13-22)16-36)19-5-11-25-20(15-19)6-12-26(27(25)29(33,34)35)38-24-9-7-21(8-10-24)28(30,31)32/h5-6,11-12,15,17-18,21-24H,2-4,7-10,13-14H2,1H3/t17?,18?,21-,22?,23?,24+. The van der Waals surface area contributed by atoms with Crippen molar-refractivity contribution in [3.05, 3.63) is 41.5 Å². The first-order valence-corrected chi connectivity index (χ1v) is 13.5. The molecule has 2 bridgehead atoms. The van der Waals surface area contributed by atoms with Gasteiger partial charge in [-0.2, -0.15) is 31.6 Å². The van der Waals surface area contributed by atoms with Gasteiger partial charge in [-0.05, 0) is 86.8 Å². The Kier molecular flexibility index (Phi) is 7.32. The number of fused-ring (bicyclic) bond motifs is 3. The van der Waals surface area contributed by atoms with Crippen LogP contribution in [0.5, 0.6) is 5.75 Å². The summed E-state index contributed by atoms with van der Waals surface area (Å²) >= 11 is 0. The van der Waals surface area contributed by atoms with Crippen LogP contribution in [0.25, 0.3) is 10.8 Å². The van der Waals surface area contributed by atoms with Crippen LogP contribution in [0.15, 0.2) is 30.3 Å². The second-order valence-electron chi connectivity index (χ2n) is 11.2. The Balaban J connectivity index is 1.40. The van der Waals surface area contributed by atoms with E-state index in [2.05, 4.69) is 17.9 Å². The van der Waals surface area contributed by atoms with Crippen molar-refractivity contribution in [2.75, 3.05) is 0 Å². The molecule has 2 heterocycles. The molecule has 0 radical (unpaired) electrons. The van der Waals surface area contributed by atoms with Crippen LogP contribution in [0.1, 0.15) is 81.9 Å². The molecule has 1 saturated carbocycles. The van der Waals surface area contributed by atoms with E-state index in [4.69, 9.17) is 4.74 Å². The van der Waals surface area contributed by atoms with E-state index in [1.165, 1.54) is 12.1 Å². The van der Waals surface area contributed by atoms with E-state index in [-0.39, 0.29) is 48.8 Å². The fourth-order valence-corrected chi connectivity index (χ4v) is 6.99. The molecule has 2 aliphatic heterocycles. The van der Waals surface area contributed by atoms with Gasteiger partial charge in [0.2, 0.25) is 0 Å². The Morgan fingerprint density at radius 1 is 0.921 bits per heavy atom. The molecule has 3 atom stereocenters. The summed E-state index contributed by atoms with van der Waals surface area (Å²) in [4.78, 5) is 2.46. The van der Waals surface area contributed by atoms with E-state index in [1.807, 2.05) is 0 Å². The molecule has 9 heteroatoms. The lowest BCUT2D eigenvalue weighted by atomic mass is 9.77. The molecule has 38 heavy (non-hydrogen) atoms. The Labute approximate surface area is 218 Å². The Hall–Kier alpha value is -2.47. The number of benzene rings is 2. The van der Waals surface area contributed by atoms with Crippen molar-refractivity contribution < 1.29 is 31.1 Å². The molecule has 3 nitrogen and oxygen atoms in total. The number of nitrogens with zero attached hydrogens (tertiary/aromatic N) is 2. The highest BCUT2D eigenvalue weighted by Crippen LogP contribution is 2.46. The van der Waals surface area contributed by atoms with Crippen LogP contribution in [-0.4, -0.2) is 29.3 Å². The van der Waals surface area contributed by atoms with Gasteiger partial charge >= 0.3 is 12.4 Å². The van der Waals surface area contributed by atoms with Gasteiger partial charge in [-0.1, -0.05) is 24.6 Å². The lowest BCUT2D eigenvalue weighted by molar-refractivity contribution is -0.185. The highest BCUT2D eigenvalue weighted by molar-refractivity contribution is 5.89. The van der Waals surface area contributed by atoms with Crippen LogP contribution >= 0.6 is 0 Å². The number of ether oxygens (including phenoxy) is 1. The molecular weight excluding hydrogens is 506 g/mol. The van der Waals surface area contributed by atoms with Gasteiger partial charge < -0.3 is 4.74 Å². The molecule has 0 amide bonds. The normalized spacial score (nSPS) is 29.6. The van der Waals surface area contributed by atoms with Crippen LogP contribution in [-0.2, 0) is 6.18 Å². The van der Waals surface area contributed by atoms with Gasteiger partial charge in [0.1, 0.15) is 11.3 Å². The fraction of sp³-hybridized carbons (Fsp3) is 0.621. The van der Waals surface area contributed by atoms with Crippen molar-refractivity contribution >= 4 is 10.8 Å². The molecule has 0 aromatic heterocycles. The molecule has 0 spiro atoms. The van der Waals surface area contributed by atoms with Gasteiger partial charge in [-0.3, -0.25) is 4.90 Å². The smallest absolute Gasteiger partial charge is 0.420 e. The van der Waals surface area contributed by atoms with Crippen LogP contribution in [0, 0.1) is 23.2 Å². The number of halogens is 6. The lowest BCUT2D eigenvalue weighted by Crippen LogP contribution is -2.52. The third kappa shape index (κ3) is 5.34. The minimum Gasteiger partial charge on any atom is -0.490 e. The average Bonchev–Trinajstić information content (AvgIpc) is 2.86. The molecule has 2 aromatic rings. The summed E-state index contributed by atoms with van der Waals surface area (Å²) in [5.74, 6) is -1.69. The van der Waals surface area contributed by atoms with E-state index < -0.39 is 29.9 Å². The maximum absolute atomic E-state index is 14.3. The number of rotatable bonds is 4. The predicted molar refractivity (Wildman–Crippen MR) is 131 cm³/mol. The van der Waals surface area contributed by atoms with Gasteiger partial charge in [0.05, 0.1) is 18.1 Å². The maximum atomic E-state index is 14.3. The van der Waals surface area contributed by atoms with Gasteiger partial charge in [-0.25, -0.2) is 0 Å². The first-order chi connectivity index (χ1) is 18.0. The third-order valence-corrected chi connectivity index (χ3v) is 8.86. The van der Waals surface area contributed by atoms with E-state index in [0.717, 1.165) is 37.7 Å². The zero-order valence-corrected chi connectivity index (χ0v) is 21.3. The monoisotopic (exact) mass is 538 g/mol. The lowest BCUT2D eigenvalue weighted by Gasteiger charge is -2.50. The van der Waals surface area contributed by atoms with Crippen molar-refractivity contribution in [3.63, 3.8) is 0 Å². The van der Waals surface area contributed by atoms with Crippen molar-refractivity contribution in [1.29, 1.82) is 5.26 Å². The summed E-state index contributed by atoms with van der Waals surface area (Å²) in [6.07, 6.45) is -4.95. The Morgan fingerprint density at radius 3 is 2.16 bits per heavy atom. The van der Waals surface area contributed by atoms with Crippen molar-refractivity contribution in [3.8, 4) is 11.8 Å². The summed E-state index contributed by atoms with van der Waals surface area (Å²) in [5.41, 5.74) is 0.0518. The van der Waals surface area contributed by atoms with Gasteiger partial charge in [0, 0.05) is 24.0 Å². The van der Waals surface area contributed by atoms with Crippen molar-refractivity contribution in [1.82, 2.24) is 4.90 Å². The molecule has 2 saturated heterocycles. The first-order valence-electron chi connectivity index (χ1n) is 13.5. The Bertz CT molecular complexity index is 1180. The highest BCUT2D eigenvalue weighted by atomic mass is 19.4. The number of hydrogen-bond donors (Lipinski definition) is 0. The van der Waals surface area contributed by atoms with Crippen LogP contribution in [0.3, 0.4) is 0 Å². The summed E-state index contributed by atoms with van der Waals surface area (Å²) in [7, 11) is 0. The van der Waals surface area contributed by atoms with Crippen LogP contribution < -0.4 is 4.74 Å². The summed E-state index contributed by atoms with van der Waals surface area (Å²) in [5, 5.41) is 9.93. The number of piperidine rings is 2. The largest absolute Gasteiger partial charge is 0.490 e. The van der Waals surface area contributed by atoms with E-state index in [9.17, 15) is 31.6 Å². The number of nitriles is 1. The van der Waals surface area contributed by atoms with Gasteiger partial charge in [-0.15, -0.1) is 0 Å². The van der Waals surface area contributed by atoms with Crippen LogP contribution in [0.2, 0.25) is 0 Å². The maximum Gasteiger partial charge on any atom is 0.420 e. The first kappa shape index (κ1) is 27.1. The summed E-state index contributed by atoms with van der Waals surface area (Å²) in [6.45, 7) is 2.08. The van der Waals surface area contributed by atoms with E-state index in [1.54, 1.807) is 18.2 Å². The third-order valence-electron chi connectivity index (χ3n) is 8.86. The molecule has 206 valence electrons. The summed E-state index contributed by atoms with van der Waals surface area (Å²) in [6, 6.07) is 11.0. The topological polar surface area (TPSA) is 36.3 Å². The quantitative estimate of drug-likeness (QED) is 0.366. The van der Waals surface area contributed by atoms with Crippen molar-refractivity contribution in [2.45, 2.75) is 101 Å². The molecular formula is C29H32F6N2O. The zero-order chi connectivity index (χ0) is 27.2. The van der Waals surface area contributed by atoms with E-state index >= 15 is 0 Å². The minimum absolute atomic E-state index is 0.00317. The van der Waals surface area contributed by atoms with Crippen LogP contribution in [0.4, 0.5) is 26.3 Å². The average molecular weight is 539 g/mol. The number of alkyl halides is 6. The minimum atomic E-state index is -4.68. The summed E-state index contributed by atoms with van der Waals surface area (Å²) < 4.78 is 87.5. The molecule has 3 fully saturated rings. The van der Waals surface area contributed by atoms with Crippen molar-refractivity contribution in [2.24, 2.45) is 11.8 Å². The number of hydrogen-bond acceptors (Lipinski definition) is 3. The molecule has 5 rings (SSSR count). The van der Waals surface area contributed by atoms with E-state index in [0.29, 0.717) is 17.5 Å². The second kappa shape index (κ2) is 10.3. The molecule has 2 aromatic carbocycles. The predicted octanol–water partition coefficient (Wildman–Crippen LogP) is 8.58. The highest BCUT2D eigenvalue weighted by Gasteiger charge is 2.43. The Morgan fingerprint density at radius 2 is 1.58 bits per heavy atom. The molecule has 3 aliphatic rings.